The maximum atomic E-state index is 13.2. The van der Waals surface area contributed by atoms with E-state index in [4.69, 9.17) is 0 Å². The molecule has 0 aliphatic heterocycles. The van der Waals surface area contributed by atoms with Gasteiger partial charge in [0.2, 0.25) is 10.0 Å². The first-order chi connectivity index (χ1) is 13.3. The van der Waals surface area contributed by atoms with Crippen LogP contribution in [-0.4, -0.2) is 41.5 Å². The molecule has 0 unspecified atom stereocenters. The van der Waals surface area contributed by atoms with Crippen LogP contribution < -0.4 is 10.0 Å². The minimum Gasteiger partial charge on any atom is -0.367 e. The number of hydrogen-bond acceptors (Lipinski definition) is 6. The van der Waals surface area contributed by atoms with E-state index >= 15 is 0 Å². The summed E-state index contributed by atoms with van der Waals surface area (Å²) in [7, 11) is -3.56. The van der Waals surface area contributed by atoms with E-state index in [2.05, 4.69) is 25.3 Å². The average Bonchev–Trinajstić information content (AvgIpc) is 2.97. The molecule has 8 nitrogen and oxygen atoms in total. The monoisotopic (exact) mass is 404 g/mol. The maximum absolute atomic E-state index is 13.2. The third-order valence-corrected chi connectivity index (χ3v) is 5.23. The SMILES string of the molecule is Cc1cc(C)n(-c2ccc(NCCNS(=O)(=O)Cc3cccc(F)c3)nn2)n1. The van der Waals surface area contributed by atoms with Crippen molar-refractivity contribution >= 4 is 15.8 Å². The maximum Gasteiger partial charge on any atom is 0.215 e. The quantitative estimate of drug-likeness (QED) is 0.557. The molecule has 0 fully saturated rings. The second-order valence-electron chi connectivity index (χ2n) is 6.33. The lowest BCUT2D eigenvalue weighted by Gasteiger charge is -2.09. The fourth-order valence-electron chi connectivity index (χ4n) is 2.69. The first kappa shape index (κ1) is 19.9. The van der Waals surface area contributed by atoms with Gasteiger partial charge < -0.3 is 5.32 Å². The van der Waals surface area contributed by atoms with Gasteiger partial charge >= 0.3 is 0 Å². The Morgan fingerprint density at radius 3 is 2.54 bits per heavy atom. The fourth-order valence-corrected chi connectivity index (χ4v) is 3.82. The first-order valence-electron chi connectivity index (χ1n) is 8.65. The van der Waals surface area contributed by atoms with Gasteiger partial charge in [-0.05, 0) is 49.7 Å². The molecule has 0 bridgehead atoms. The van der Waals surface area contributed by atoms with E-state index in [0.29, 0.717) is 23.7 Å². The van der Waals surface area contributed by atoms with Gasteiger partial charge in [-0.3, -0.25) is 0 Å². The summed E-state index contributed by atoms with van der Waals surface area (Å²) in [5.41, 5.74) is 2.25. The Morgan fingerprint density at radius 2 is 1.89 bits per heavy atom. The minimum absolute atomic E-state index is 0.165. The molecule has 0 atom stereocenters. The number of aromatic nitrogens is 4. The van der Waals surface area contributed by atoms with Crippen LogP contribution in [0.4, 0.5) is 10.2 Å². The van der Waals surface area contributed by atoms with E-state index in [0.717, 1.165) is 11.4 Å². The second-order valence-corrected chi connectivity index (χ2v) is 8.13. The molecule has 0 radical (unpaired) electrons. The molecule has 10 heteroatoms. The molecule has 1 aromatic carbocycles. The highest BCUT2D eigenvalue weighted by Gasteiger charge is 2.11. The summed E-state index contributed by atoms with van der Waals surface area (Å²) in [5, 5.41) is 15.5. The Kier molecular flexibility index (Phi) is 6.00. The molecule has 0 aliphatic carbocycles. The Hall–Kier alpha value is -2.85. The molecule has 3 aromatic rings. The number of sulfonamides is 1. The molecule has 0 aliphatic rings. The third kappa shape index (κ3) is 5.33. The van der Waals surface area contributed by atoms with Crippen LogP contribution in [0.5, 0.6) is 0 Å². The zero-order chi connectivity index (χ0) is 20.1. The second kappa shape index (κ2) is 8.44. The molecule has 3 rings (SSSR count). The van der Waals surface area contributed by atoms with E-state index in [-0.39, 0.29) is 12.3 Å². The normalized spacial score (nSPS) is 11.5. The minimum atomic E-state index is -3.56. The van der Waals surface area contributed by atoms with Crippen molar-refractivity contribution in [1.29, 1.82) is 0 Å². The number of aryl methyl sites for hydroxylation is 2. The molecule has 0 amide bonds. The van der Waals surface area contributed by atoms with Gasteiger partial charge in [0.15, 0.2) is 5.82 Å². The zero-order valence-electron chi connectivity index (χ0n) is 15.6. The van der Waals surface area contributed by atoms with Gasteiger partial charge in [-0.25, -0.2) is 22.2 Å². The van der Waals surface area contributed by atoms with Crippen LogP contribution in [0.15, 0.2) is 42.5 Å². The Balaban J connectivity index is 1.49. The number of halogens is 1. The van der Waals surface area contributed by atoms with Crippen LogP contribution in [0.2, 0.25) is 0 Å². The Labute approximate surface area is 162 Å². The fraction of sp³-hybridized carbons (Fsp3) is 0.278. The largest absolute Gasteiger partial charge is 0.367 e. The van der Waals surface area contributed by atoms with E-state index in [1.165, 1.54) is 18.2 Å². The van der Waals surface area contributed by atoms with Crippen LogP contribution in [0.25, 0.3) is 5.82 Å². The average molecular weight is 404 g/mol. The van der Waals surface area contributed by atoms with Crippen molar-refractivity contribution in [2.75, 3.05) is 18.4 Å². The summed E-state index contributed by atoms with van der Waals surface area (Å²) < 4.78 is 41.4. The lowest BCUT2D eigenvalue weighted by atomic mass is 10.2. The number of nitrogens with zero attached hydrogens (tertiary/aromatic N) is 4. The molecule has 0 saturated carbocycles. The molecule has 2 N–H and O–H groups in total. The molecular weight excluding hydrogens is 383 g/mol. The van der Waals surface area contributed by atoms with Crippen molar-refractivity contribution in [2.24, 2.45) is 0 Å². The van der Waals surface area contributed by atoms with E-state index in [1.54, 1.807) is 22.9 Å². The summed E-state index contributed by atoms with van der Waals surface area (Å²) in [5.74, 6) is 0.389. The predicted molar refractivity (Wildman–Crippen MR) is 104 cm³/mol. The Morgan fingerprint density at radius 1 is 1.07 bits per heavy atom. The van der Waals surface area contributed by atoms with E-state index in [9.17, 15) is 12.8 Å². The highest BCUT2D eigenvalue weighted by atomic mass is 32.2. The van der Waals surface area contributed by atoms with Gasteiger partial charge in [-0.2, -0.15) is 5.10 Å². The van der Waals surface area contributed by atoms with Gasteiger partial charge in [-0.1, -0.05) is 12.1 Å². The van der Waals surface area contributed by atoms with Crippen LogP contribution >= 0.6 is 0 Å². The van der Waals surface area contributed by atoms with Crippen molar-refractivity contribution < 1.29 is 12.8 Å². The Bertz CT molecular complexity index is 1050. The highest BCUT2D eigenvalue weighted by molar-refractivity contribution is 7.88. The number of hydrogen-bond donors (Lipinski definition) is 2. The number of anilines is 1. The van der Waals surface area contributed by atoms with Crippen LogP contribution in [0.1, 0.15) is 17.0 Å². The topological polar surface area (TPSA) is 102 Å². The summed E-state index contributed by atoms with van der Waals surface area (Å²) >= 11 is 0. The lowest BCUT2D eigenvalue weighted by Crippen LogP contribution is -2.30. The summed E-state index contributed by atoms with van der Waals surface area (Å²) in [6.45, 7) is 4.33. The summed E-state index contributed by atoms with van der Waals surface area (Å²) in [6.07, 6.45) is 0. The molecular formula is C18H21FN6O2S. The predicted octanol–water partition coefficient (Wildman–Crippen LogP) is 1.95. The molecule has 2 heterocycles. The van der Waals surface area contributed by atoms with E-state index < -0.39 is 15.8 Å². The van der Waals surface area contributed by atoms with E-state index in [1.807, 2.05) is 19.9 Å². The van der Waals surface area contributed by atoms with Crippen molar-refractivity contribution in [2.45, 2.75) is 19.6 Å². The van der Waals surface area contributed by atoms with Gasteiger partial charge in [0.05, 0.1) is 11.4 Å². The van der Waals surface area contributed by atoms with Gasteiger partial charge in [0.1, 0.15) is 11.6 Å². The molecule has 0 saturated heterocycles. The van der Waals surface area contributed by atoms with Crippen molar-refractivity contribution in [1.82, 2.24) is 24.7 Å². The standard InChI is InChI=1S/C18H21FN6O2S/c1-13-10-14(2)25(24-13)18-7-6-17(22-23-18)20-8-9-21-28(26,27)12-15-4-3-5-16(19)11-15/h3-7,10-11,21H,8-9,12H2,1-2H3,(H,20,22). The number of rotatable bonds is 8. The van der Waals surface area contributed by atoms with Crippen LogP contribution in [0.3, 0.4) is 0 Å². The van der Waals surface area contributed by atoms with Crippen molar-refractivity contribution in [3.05, 3.63) is 65.2 Å². The highest BCUT2D eigenvalue weighted by Crippen LogP contribution is 2.10. The van der Waals surface area contributed by atoms with Crippen molar-refractivity contribution in [3.8, 4) is 5.82 Å². The first-order valence-corrected chi connectivity index (χ1v) is 10.3. The van der Waals surface area contributed by atoms with Gasteiger partial charge in [0.25, 0.3) is 0 Å². The molecule has 0 spiro atoms. The lowest BCUT2D eigenvalue weighted by molar-refractivity contribution is 0.581. The number of nitrogens with one attached hydrogen (secondary N) is 2. The number of benzene rings is 1. The smallest absolute Gasteiger partial charge is 0.215 e. The summed E-state index contributed by atoms with van der Waals surface area (Å²) in [4.78, 5) is 0. The molecule has 2 aromatic heterocycles. The van der Waals surface area contributed by atoms with Crippen molar-refractivity contribution in [3.63, 3.8) is 0 Å². The summed E-state index contributed by atoms with van der Waals surface area (Å²) in [6, 6.07) is 11.0. The van der Waals surface area contributed by atoms with Crippen LogP contribution in [-0.2, 0) is 15.8 Å². The van der Waals surface area contributed by atoms with Crippen LogP contribution in [0, 0.1) is 19.7 Å². The zero-order valence-corrected chi connectivity index (χ0v) is 16.4. The van der Waals surface area contributed by atoms with Gasteiger partial charge in [0, 0.05) is 18.8 Å². The molecule has 28 heavy (non-hydrogen) atoms. The molecule has 148 valence electrons. The third-order valence-electron chi connectivity index (χ3n) is 3.88. The van der Waals surface area contributed by atoms with Gasteiger partial charge in [-0.15, -0.1) is 10.2 Å².